The molecule has 6 heteroatoms. The molecule has 1 N–H and O–H groups in total. The van der Waals surface area contributed by atoms with Crippen LogP contribution < -0.4 is 19.1 Å². The largest absolute Gasteiger partial charge is 0.497 e. The van der Waals surface area contributed by atoms with Crippen molar-refractivity contribution in [2.75, 3.05) is 26.2 Å². The molecule has 132 valence electrons. The fraction of sp³-hybridized carbons (Fsp3) is 0.150. The molecular weight excluding hydrogens is 330 g/mol. The third-order valence-corrected chi connectivity index (χ3v) is 4.40. The van der Waals surface area contributed by atoms with Crippen molar-refractivity contribution in [3.05, 3.63) is 65.9 Å². The zero-order valence-corrected chi connectivity index (χ0v) is 14.8. The van der Waals surface area contributed by atoms with Crippen LogP contribution in [0, 0.1) is 0 Å². The molecule has 1 aliphatic heterocycles. The van der Waals surface area contributed by atoms with E-state index in [2.05, 4.69) is 10.2 Å². The van der Waals surface area contributed by atoms with E-state index in [1.165, 1.54) is 0 Å². The van der Waals surface area contributed by atoms with Crippen LogP contribution in [-0.2, 0) is 0 Å². The molecule has 26 heavy (non-hydrogen) atoms. The predicted octanol–water partition coefficient (Wildman–Crippen LogP) is 3.78. The number of aromatic amines is 1. The fourth-order valence-corrected chi connectivity index (χ4v) is 3.02. The second-order valence-electron chi connectivity index (χ2n) is 5.88. The Labute approximate surface area is 151 Å². The number of benzene rings is 2. The lowest BCUT2D eigenvalue weighted by molar-refractivity contribution is 0.414. The molecule has 0 spiro atoms. The second kappa shape index (κ2) is 6.48. The smallest absolute Gasteiger partial charge is 0.189 e. The van der Waals surface area contributed by atoms with Gasteiger partial charge in [-0.2, -0.15) is 5.10 Å². The molecule has 0 saturated heterocycles. The molecule has 1 aromatic heterocycles. The minimum atomic E-state index is 0.690. The highest BCUT2D eigenvalue weighted by atomic mass is 16.5. The van der Waals surface area contributed by atoms with Crippen molar-refractivity contribution in [2.24, 2.45) is 0 Å². The summed E-state index contributed by atoms with van der Waals surface area (Å²) in [7, 11) is 5.30. The van der Waals surface area contributed by atoms with Gasteiger partial charge in [-0.1, -0.05) is 0 Å². The molecule has 0 radical (unpaired) electrons. The molecule has 2 aromatic carbocycles. The molecule has 0 unspecified atom stereocenters. The maximum absolute atomic E-state index is 6.20. The molecule has 1 aliphatic rings. The fourth-order valence-electron chi connectivity index (χ4n) is 3.02. The van der Waals surface area contributed by atoms with Gasteiger partial charge in [-0.15, -0.1) is 0 Å². The maximum atomic E-state index is 6.20. The Morgan fingerprint density at radius 2 is 1.46 bits per heavy atom. The Morgan fingerprint density at radius 1 is 0.885 bits per heavy atom. The van der Waals surface area contributed by atoms with Gasteiger partial charge in [0.15, 0.2) is 17.3 Å². The number of methoxy groups -OCH3 is 2. The number of hydrogen-bond donors (Lipinski definition) is 1. The van der Waals surface area contributed by atoms with Crippen LogP contribution in [0.25, 0.3) is 11.5 Å². The third kappa shape index (κ3) is 2.65. The summed E-state index contributed by atoms with van der Waals surface area (Å²) in [5.41, 5.74) is 2.91. The van der Waals surface area contributed by atoms with E-state index in [-0.39, 0.29) is 0 Å². The van der Waals surface area contributed by atoms with Crippen LogP contribution in [-0.4, -0.2) is 31.5 Å². The van der Waals surface area contributed by atoms with E-state index in [0.717, 1.165) is 39.9 Å². The first-order valence-corrected chi connectivity index (χ1v) is 8.19. The van der Waals surface area contributed by atoms with Crippen LogP contribution in [0.1, 0.15) is 11.1 Å². The van der Waals surface area contributed by atoms with E-state index in [0.29, 0.717) is 5.75 Å². The highest BCUT2D eigenvalue weighted by molar-refractivity contribution is 5.97. The van der Waals surface area contributed by atoms with Gasteiger partial charge < -0.3 is 19.1 Å². The van der Waals surface area contributed by atoms with Gasteiger partial charge >= 0.3 is 0 Å². The Kier molecular flexibility index (Phi) is 4.01. The van der Waals surface area contributed by atoms with Gasteiger partial charge in [-0.05, 0) is 48.5 Å². The summed E-state index contributed by atoms with van der Waals surface area (Å²) in [4.78, 5) is 2.05. The van der Waals surface area contributed by atoms with E-state index < -0.39 is 0 Å². The quantitative estimate of drug-likeness (QED) is 0.777. The Morgan fingerprint density at radius 3 is 2.04 bits per heavy atom. The van der Waals surface area contributed by atoms with Crippen molar-refractivity contribution in [1.82, 2.24) is 10.2 Å². The normalized spacial score (nSPS) is 13.3. The summed E-state index contributed by atoms with van der Waals surface area (Å²) < 4.78 is 16.7. The SMILES string of the molecule is COc1ccc(C2=C(c3ccc(OC)cc3)N(C)c3[nH]ncc3O2)cc1. The van der Waals surface area contributed by atoms with Gasteiger partial charge in [-0.25, -0.2) is 0 Å². The molecule has 0 bridgehead atoms. The summed E-state index contributed by atoms with van der Waals surface area (Å²) in [6, 6.07) is 15.7. The monoisotopic (exact) mass is 349 g/mol. The van der Waals surface area contributed by atoms with Gasteiger partial charge in [0.05, 0.1) is 26.1 Å². The molecule has 2 heterocycles. The van der Waals surface area contributed by atoms with Crippen LogP contribution in [0.4, 0.5) is 5.82 Å². The average Bonchev–Trinajstić information content (AvgIpc) is 3.17. The van der Waals surface area contributed by atoms with Crippen LogP contribution in [0.5, 0.6) is 17.2 Å². The van der Waals surface area contributed by atoms with Gasteiger partial charge in [0, 0.05) is 18.2 Å². The number of hydrogen-bond acceptors (Lipinski definition) is 5. The topological polar surface area (TPSA) is 59.6 Å². The van der Waals surface area contributed by atoms with Crippen molar-refractivity contribution in [3.8, 4) is 17.2 Å². The van der Waals surface area contributed by atoms with Crippen molar-refractivity contribution >= 4 is 17.3 Å². The van der Waals surface area contributed by atoms with Crippen LogP contribution in [0.3, 0.4) is 0 Å². The molecular formula is C20H19N3O3. The maximum Gasteiger partial charge on any atom is 0.189 e. The van der Waals surface area contributed by atoms with Crippen LogP contribution >= 0.6 is 0 Å². The van der Waals surface area contributed by atoms with E-state index in [1.807, 2.05) is 60.5 Å². The number of nitrogens with one attached hydrogen (secondary N) is 1. The van der Waals surface area contributed by atoms with Crippen molar-refractivity contribution < 1.29 is 14.2 Å². The molecule has 0 fully saturated rings. The Hall–Kier alpha value is -3.41. The number of aromatic nitrogens is 2. The summed E-state index contributed by atoms with van der Waals surface area (Å²) in [6.07, 6.45) is 1.68. The standard InChI is InChI=1S/C20H19N3O3/c1-23-18(13-4-8-15(24-2)9-5-13)19(26-17-12-21-22-20(17)23)14-6-10-16(25-3)11-7-14/h4-12H,1-3H3,(H,21,22). The van der Waals surface area contributed by atoms with E-state index >= 15 is 0 Å². The minimum Gasteiger partial charge on any atom is -0.497 e. The number of nitrogens with zero attached hydrogens (tertiary/aromatic N) is 2. The van der Waals surface area contributed by atoms with Crippen LogP contribution in [0.2, 0.25) is 0 Å². The molecule has 4 rings (SSSR count). The first kappa shape index (κ1) is 16.1. The highest BCUT2D eigenvalue weighted by Gasteiger charge is 2.28. The van der Waals surface area contributed by atoms with Gasteiger partial charge in [0.1, 0.15) is 11.5 Å². The lowest BCUT2D eigenvalue weighted by Gasteiger charge is -2.30. The predicted molar refractivity (Wildman–Crippen MR) is 100 cm³/mol. The zero-order chi connectivity index (χ0) is 18.1. The average molecular weight is 349 g/mol. The molecule has 0 atom stereocenters. The van der Waals surface area contributed by atoms with Crippen molar-refractivity contribution in [2.45, 2.75) is 0 Å². The lowest BCUT2D eigenvalue weighted by atomic mass is 10.0. The second-order valence-corrected chi connectivity index (χ2v) is 5.88. The molecule has 0 saturated carbocycles. The first-order chi connectivity index (χ1) is 12.7. The van der Waals surface area contributed by atoms with Gasteiger partial charge in [0.2, 0.25) is 0 Å². The summed E-state index contributed by atoms with van der Waals surface area (Å²) in [5.74, 6) is 3.87. The number of rotatable bonds is 4. The summed E-state index contributed by atoms with van der Waals surface area (Å²) >= 11 is 0. The van der Waals surface area contributed by atoms with E-state index in [9.17, 15) is 0 Å². The number of H-pyrrole nitrogens is 1. The Bertz CT molecular complexity index is 943. The summed E-state index contributed by atoms with van der Waals surface area (Å²) in [6.45, 7) is 0. The number of fused-ring (bicyclic) bond motifs is 1. The third-order valence-electron chi connectivity index (χ3n) is 4.40. The van der Waals surface area contributed by atoms with Crippen LogP contribution in [0.15, 0.2) is 54.7 Å². The summed E-state index contributed by atoms with van der Waals surface area (Å²) in [5, 5.41) is 7.10. The Balaban J connectivity index is 1.86. The molecule has 0 aliphatic carbocycles. The zero-order valence-electron chi connectivity index (χ0n) is 14.8. The van der Waals surface area contributed by atoms with E-state index in [4.69, 9.17) is 14.2 Å². The molecule has 3 aromatic rings. The highest BCUT2D eigenvalue weighted by Crippen LogP contribution is 2.42. The van der Waals surface area contributed by atoms with Gasteiger partial charge in [-0.3, -0.25) is 5.10 Å². The first-order valence-electron chi connectivity index (χ1n) is 8.19. The molecule has 0 amide bonds. The van der Waals surface area contributed by atoms with E-state index in [1.54, 1.807) is 20.4 Å². The lowest BCUT2D eigenvalue weighted by Crippen LogP contribution is -2.23. The number of ether oxygens (including phenoxy) is 3. The van der Waals surface area contributed by atoms with Crippen molar-refractivity contribution in [1.29, 1.82) is 0 Å². The van der Waals surface area contributed by atoms with Gasteiger partial charge in [0.25, 0.3) is 0 Å². The minimum absolute atomic E-state index is 0.690. The molecule has 6 nitrogen and oxygen atoms in total. The number of anilines is 1. The van der Waals surface area contributed by atoms with Crippen molar-refractivity contribution in [3.63, 3.8) is 0 Å².